The number of rotatable bonds is 6. The zero-order valence-electron chi connectivity index (χ0n) is 9.11. The van der Waals surface area contributed by atoms with Crippen LogP contribution in [0.15, 0.2) is 18.2 Å². The van der Waals surface area contributed by atoms with Gasteiger partial charge in [-0.1, -0.05) is 23.2 Å². The third-order valence-corrected chi connectivity index (χ3v) is 2.40. The van der Waals surface area contributed by atoms with Crippen molar-refractivity contribution in [3.8, 4) is 5.75 Å². The van der Waals surface area contributed by atoms with Gasteiger partial charge in [0.05, 0.1) is 10.0 Å². The Morgan fingerprint density at radius 3 is 2.56 bits per heavy atom. The van der Waals surface area contributed by atoms with Crippen LogP contribution in [0.2, 0.25) is 10.0 Å². The first-order valence-electron chi connectivity index (χ1n) is 4.76. The van der Waals surface area contributed by atoms with Crippen LogP contribution in [0.25, 0.3) is 0 Å². The molecule has 0 aromatic heterocycles. The summed E-state index contributed by atoms with van der Waals surface area (Å²) in [4.78, 5) is 26.0. The highest BCUT2D eigenvalue weighted by Gasteiger charge is 2.05. The number of hydrogen-bond donors (Lipinski definition) is 2. The molecule has 0 bridgehead atoms. The highest BCUT2D eigenvalue weighted by atomic mass is 35.5. The molecular formula is C10H10Cl2N2O4. The lowest BCUT2D eigenvalue weighted by atomic mass is 10.3. The van der Waals surface area contributed by atoms with E-state index in [4.69, 9.17) is 33.7 Å². The van der Waals surface area contributed by atoms with Crippen molar-refractivity contribution in [1.82, 2.24) is 5.48 Å². The van der Waals surface area contributed by atoms with Gasteiger partial charge in [0.15, 0.2) is 13.2 Å². The minimum absolute atomic E-state index is 0.295. The summed E-state index contributed by atoms with van der Waals surface area (Å²) >= 11 is 11.5. The first-order valence-corrected chi connectivity index (χ1v) is 5.51. The fourth-order valence-electron chi connectivity index (χ4n) is 0.933. The van der Waals surface area contributed by atoms with Crippen LogP contribution < -0.4 is 16.0 Å². The van der Waals surface area contributed by atoms with Crippen LogP contribution in [0, 0.1) is 0 Å². The number of carbonyl (C=O) groups excluding carboxylic acids is 2. The second kappa shape index (κ2) is 7.05. The van der Waals surface area contributed by atoms with E-state index in [1.165, 1.54) is 6.07 Å². The largest absolute Gasteiger partial charge is 0.484 e. The molecule has 0 aliphatic heterocycles. The Kier molecular flexibility index (Phi) is 5.70. The minimum Gasteiger partial charge on any atom is -0.484 e. The van der Waals surface area contributed by atoms with Gasteiger partial charge in [-0.05, 0) is 12.1 Å². The fraction of sp³-hybridized carbons (Fsp3) is 0.200. The Hall–Kier alpha value is -1.50. The Labute approximate surface area is 113 Å². The van der Waals surface area contributed by atoms with Gasteiger partial charge in [0.1, 0.15) is 5.75 Å². The molecule has 0 unspecified atom stereocenters. The van der Waals surface area contributed by atoms with Crippen LogP contribution in [0.1, 0.15) is 0 Å². The second-order valence-corrected chi connectivity index (χ2v) is 3.96. The van der Waals surface area contributed by atoms with Crippen molar-refractivity contribution >= 4 is 35.0 Å². The van der Waals surface area contributed by atoms with Crippen molar-refractivity contribution in [2.45, 2.75) is 0 Å². The zero-order valence-corrected chi connectivity index (χ0v) is 10.6. The van der Waals surface area contributed by atoms with Crippen molar-refractivity contribution in [2.24, 2.45) is 5.73 Å². The number of nitrogens with one attached hydrogen (secondary N) is 1. The molecule has 0 radical (unpaired) electrons. The van der Waals surface area contributed by atoms with Gasteiger partial charge in [-0.2, -0.15) is 0 Å². The van der Waals surface area contributed by atoms with Crippen LogP contribution in [0.5, 0.6) is 5.75 Å². The molecular weight excluding hydrogens is 283 g/mol. The molecule has 6 nitrogen and oxygen atoms in total. The SMILES string of the molecule is NC(=O)CONC(=O)COc1ccc(Cl)c(Cl)c1. The summed E-state index contributed by atoms with van der Waals surface area (Å²) in [6.07, 6.45) is 0. The van der Waals surface area contributed by atoms with Crippen LogP contribution in [-0.4, -0.2) is 25.0 Å². The van der Waals surface area contributed by atoms with E-state index >= 15 is 0 Å². The van der Waals surface area contributed by atoms with Gasteiger partial charge in [0.2, 0.25) is 5.91 Å². The molecule has 0 atom stereocenters. The number of halogens is 2. The van der Waals surface area contributed by atoms with Crippen molar-refractivity contribution in [1.29, 1.82) is 0 Å². The van der Waals surface area contributed by atoms with E-state index in [1.807, 2.05) is 5.48 Å². The molecule has 0 aliphatic carbocycles. The smallest absolute Gasteiger partial charge is 0.281 e. The van der Waals surface area contributed by atoms with Gasteiger partial charge >= 0.3 is 0 Å². The standard InChI is InChI=1S/C10H10Cl2N2O4/c11-7-2-1-6(3-8(7)12)17-5-10(16)14-18-4-9(13)15/h1-3H,4-5H2,(H2,13,15)(H,14,16). The number of carbonyl (C=O) groups is 2. The van der Waals surface area contributed by atoms with E-state index in [9.17, 15) is 9.59 Å². The Balaban J connectivity index is 2.33. The predicted octanol–water partition coefficient (Wildman–Crippen LogP) is 0.905. The number of ether oxygens (including phenoxy) is 1. The van der Waals surface area contributed by atoms with Crippen molar-refractivity contribution < 1.29 is 19.2 Å². The molecule has 8 heteroatoms. The van der Waals surface area contributed by atoms with Gasteiger partial charge in [-0.3, -0.25) is 14.4 Å². The van der Waals surface area contributed by atoms with E-state index in [1.54, 1.807) is 12.1 Å². The van der Waals surface area contributed by atoms with Gasteiger partial charge in [-0.25, -0.2) is 5.48 Å². The van der Waals surface area contributed by atoms with Crippen LogP contribution in [0.3, 0.4) is 0 Å². The number of nitrogens with two attached hydrogens (primary N) is 1. The summed E-state index contributed by atoms with van der Waals surface area (Å²) in [5.74, 6) is -0.877. The van der Waals surface area contributed by atoms with Crippen LogP contribution in [-0.2, 0) is 14.4 Å². The maximum Gasteiger partial charge on any atom is 0.281 e. The summed E-state index contributed by atoms with van der Waals surface area (Å²) in [5, 5.41) is 0.706. The molecule has 1 rings (SSSR count). The molecule has 0 saturated carbocycles. The van der Waals surface area contributed by atoms with Gasteiger partial charge in [-0.15, -0.1) is 0 Å². The van der Waals surface area contributed by atoms with E-state index in [2.05, 4.69) is 4.84 Å². The normalized spacial score (nSPS) is 9.89. The van der Waals surface area contributed by atoms with Crippen LogP contribution >= 0.6 is 23.2 Å². The van der Waals surface area contributed by atoms with Gasteiger partial charge in [0.25, 0.3) is 5.91 Å². The van der Waals surface area contributed by atoms with E-state index in [-0.39, 0.29) is 6.61 Å². The van der Waals surface area contributed by atoms with Crippen molar-refractivity contribution in [3.63, 3.8) is 0 Å². The highest BCUT2D eigenvalue weighted by Crippen LogP contribution is 2.26. The maximum absolute atomic E-state index is 11.2. The quantitative estimate of drug-likeness (QED) is 0.763. The number of hydroxylamine groups is 1. The molecule has 0 heterocycles. The average molecular weight is 293 g/mol. The molecule has 1 aromatic carbocycles. The predicted molar refractivity (Wildman–Crippen MR) is 65.2 cm³/mol. The summed E-state index contributed by atoms with van der Waals surface area (Å²) in [6, 6.07) is 4.58. The molecule has 0 spiro atoms. The van der Waals surface area contributed by atoms with Gasteiger partial charge < -0.3 is 10.5 Å². The Morgan fingerprint density at radius 2 is 1.94 bits per heavy atom. The van der Waals surface area contributed by atoms with E-state index < -0.39 is 18.4 Å². The lowest BCUT2D eigenvalue weighted by Crippen LogP contribution is -2.32. The first-order chi connectivity index (χ1) is 8.49. The molecule has 0 aliphatic rings. The Bertz CT molecular complexity index is 454. The molecule has 3 N–H and O–H groups in total. The first kappa shape index (κ1) is 14.6. The van der Waals surface area contributed by atoms with E-state index in [0.29, 0.717) is 15.8 Å². The summed E-state index contributed by atoms with van der Waals surface area (Å²) in [7, 11) is 0. The summed E-state index contributed by atoms with van der Waals surface area (Å²) < 4.78 is 5.11. The van der Waals surface area contributed by atoms with Crippen molar-refractivity contribution in [2.75, 3.05) is 13.2 Å². The molecule has 1 aromatic rings. The number of primary amides is 1. The van der Waals surface area contributed by atoms with Crippen LogP contribution in [0.4, 0.5) is 0 Å². The lowest BCUT2D eigenvalue weighted by Gasteiger charge is -2.07. The fourth-order valence-corrected chi connectivity index (χ4v) is 1.22. The third kappa shape index (κ3) is 5.22. The maximum atomic E-state index is 11.2. The summed E-state index contributed by atoms with van der Waals surface area (Å²) in [5.41, 5.74) is 6.79. The minimum atomic E-state index is -0.694. The van der Waals surface area contributed by atoms with E-state index in [0.717, 1.165) is 0 Å². The Morgan fingerprint density at radius 1 is 1.22 bits per heavy atom. The molecule has 0 saturated heterocycles. The number of benzene rings is 1. The monoisotopic (exact) mass is 292 g/mol. The molecule has 0 fully saturated rings. The third-order valence-electron chi connectivity index (χ3n) is 1.66. The second-order valence-electron chi connectivity index (χ2n) is 3.14. The molecule has 18 heavy (non-hydrogen) atoms. The number of hydrogen-bond acceptors (Lipinski definition) is 4. The highest BCUT2D eigenvalue weighted by molar-refractivity contribution is 6.42. The molecule has 2 amide bonds. The van der Waals surface area contributed by atoms with Gasteiger partial charge in [0, 0.05) is 6.07 Å². The summed E-state index contributed by atoms with van der Waals surface area (Å²) in [6.45, 7) is -0.699. The van der Waals surface area contributed by atoms with Crippen molar-refractivity contribution in [3.05, 3.63) is 28.2 Å². The zero-order chi connectivity index (χ0) is 13.5. The topological polar surface area (TPSA) is 90.7 Å². The average Bonchev–Trinajstić information content (AvgIpc) is 2.30. The lowest BCUT2D eigenvalue weighted by molar-refractivity contribution is -0.139. The molecule has 98 valence electrons. The number of amides is 2.